The molecular weight excluding hydrogens is 823 g/mol. The highest BCUT2D eigenvalue weighted by atomic mass is 16.6. The number of nitrogens with zero attached hydrogens (tertiary/aromatic N) is 5. The summed E-state index contributed by atoms with van der Waals surface area (Å²) in [5.74, 6) is -0.571. The van der Waals surface area contributed by atoms with Crippen LogP contribution in [0.2, 0.25) is 0 Å². The van der Waals surface area contributed by atoms with E-state index >= 15 is 0 Å². The molecule has 0 saturated carbocycles. The van der Waals surface area contributed by atoms with E-state index in [1.165, 1.54) is 11.0 Å². The van der Waals surface area contributed by atoms with Crippen LogP contribution in [0.15, 0.2) is 71.7 Å². The Morgan fingerprint density at radius 2 is 1.83 bits per heavy atom. The van der Waals surface area contributed by atoms with Crippen LogP contribution in [0, 0.1) is 5.41 Å². The molecule has 3 aromatic heterocycles. The third kappa shape index (κ3) is 7.59. The number of carbonyl (C=O) groups excluding carboxylic acids is 2. The Kier molecular flexibility index (Phi) is 11.7. The van der Waals surface area contributed by atoms with E-state index in [1.54, 1.807) is 61.0 Å². The molecule has 0 bridgehead atoms. The number of aliphatic hydroxyl groups excluding tert-OH is 1. The number of aromatic nitrogens is 3. The molecule has 2 aliphatic heterocycles. The number of ether oxygens (including phenoxy) is 3. The molecule has 0 radical (unpaired) electrons. The molecule has 17 nitrogen and oxygen atoms in total. The standard InChI is InChI=1S/C47H51N7O10/c1-6-29-31-19-28(9-10-36(31)50-41-33(29)23-53-38(41)21-35-34(43(53)57)24-63-44(58)47(35,61)7-2)64-46(60)51(5)14-16-62-17-15-52-13-12-26-18-27(8-11-37(26)52)54(45(49)59)42(48)32-20-30(25(3)4)39(55)22-40(32)56/h8-13,18-22,25,44,48,55-56,58,61H,6-7,14-17,23-24H2,1-5H3,(H2,49,59). The lowest BCUT2D eigenvalue weighted by atomic mass is 9.85. The number of aryl methyl sites for hydroxylation is 1. The smallest absolute Gasteiger partial charge is 0.415 e. The molecule has 3 amide bonds. The van der Waals surface area contributed by atoms with Crippen molar-refractivity contribution in [2.75, 3.05) is 31.7 Å². The monoisotopic (exact) mass is 873 g/mol. The first-order chi connectivity index (χ1) is 30.6. The lowest BCUT2D eigenvalue weighted by Crippen LogP contribution is -2.47. The maximum absolute atomic E-state index is 13.7. The fourth-order valence-corrected chi connectivity index (χ4v) is 8.71. The summed E-state index contributed by atoms with van der Waals surface area (Å²) in [5, 5.41) is 53.0. The first-order valence-electron chi connectivity index (χ1n) is 21.1. The Morgan fingerprint density at radius 1 is 1.05 bits per heavy atom. The number of primary amides is 1. The number of likely N-dealkylation sites (N-methyl/N-ethyl adjacent to an activating group) is 1. The number of benzene rings is 3. The van der Waals surface area contributed by atoms with Crippen molar-refractivity contribution in [3.8, 4) is 28.6 Å². The van der Waals surface area contributed by atoms with Gasteiger partial charge in [-0.15, -0.1) is 0 Å². The number of urea groups is 1. The molecule has 2 aliphatic rings. The predicted molar refractivity (Wildman–Crippen MR) is 239 cm³/mol. The van der Waals surface area contributed by atoms with Crippen LogP contribution in [0.5, 0.6) is 17.2 Å². The van der Waals surface area contributed by atoms with E-state index in [0.29, 0.717) is 64.6 Å². The number of nitrogens with one attached hydrogen (secondary N) is 1. The molecule has 0 saturated heterocycles. The van der Waals surface area contributed by atoms with Crippen molar-refractivity contribution in [2.24, 2.45) is 5.73 Å². The lowest BCUT2D eigenvalue weighted by molar-refractivity contribution is -0.236. The van der Waals surface area contributed by atoms with Crippen molar-refractivity contribution < 1.29 is 44.2 Å². The number of hydrogen-bond acceptors (Lipinski definition) is 12. The van der Waals surface area contributed by atoms with E-state index in [4.69, 9.17) is 30.3 Å². The minimum Gasteiger partial charge on any atom is -0.508 e. The fourth-order valence-electron chi connectivity index (χ4n) is 8.71. The van der Waals surface area contributed by atoms with Gasteiger partial charge < -0.3 is 54.4 Å². The molecule has 2 atom stereocenters. The Bertz CT molecular complexity index is 2920. The number of anilines is 1. The second-order valence-electron chi connectivity index (χ2n) is 16.5. The van der Waals surface area contributed by atoms with Crippen LogP contribution >= 0.6 is 0 Å². The molecule has 0 spiro atoms. The molecule has 3 aromatic carbocycles. The maximum atomic E-state index is 13.7. The summed E-state index contributed by atoms with van der Waals surface area (Å²) >= 11 is 0. The van der Waals surface area contributed by atoms with Gasteiger partial charge in [0.1, 0.15) is 28.7 Å². The number of hydrogen-bond donors (Lipinski definition) is 6. The normalized spacial score (nSPS) is 16.5. The van der Waals surface area contributed by atoms with Crippen LogP contribution in [0.4, 0.5) is 15.3 Å². The van der Waals surface area contributed by atoms with Gasteiger partial charge in [0, 0.05) is 65.4 Å². The zero-order valence-electron chi connectivity index (χ0n) is 36.2. The van der Waals surface area contributed by atoms with E-state index in [-0.39, 0.29) is 67.1 Å². The van der Waals surface area contributed by atoms with Crippen molar-refractivity contribution in [1.82, 2.24) is 19.0 Å². The van der Waals surface area contributed by atoms with Gasteiger partial charge in [0.25, 0.3) is 5.56 Å². The number of phenols is 2. The Labute approximate surface area is 368 Å². The van der Waals surface area contributed by atoms with E-state index < -0.39 is 24.0 Å². The summed E-state index contributed by atoms with van der Waals surface area (Å²) < 4.78 is 20.7. The van der Waals surface area contributed by atoms with Gasteiger partial charge >= 0.3 is 12.1 Å². The number of phenolic OH excluding ortho intramolecular Hbond substituents is 2. The Morgan fingerprint density at radius 3 is 2.55 bits per heavy atom. The van der Waals surface area contributed by atoms with Gasteiger partial charge in [-0.25, -0.2) is 19.5 Å². The van der Waals surface area contributed by atoms with Crippen molar-refractivity contribution in [3.05, 3.63) is 111 Å². The Hall–Kier alpha value is -6.79. The minimum absolute atomic E-state index is 0.0494. The highest BCUT2D eigenvalue weighted by Gasteiger charge is 2.44. The second kappa shape index (κ2) is 17.1. The molecule has 17 heteroatoms. The Balaban J connectivity index is 0.887. The molecule has 6 aromatic rings. The van der Waals surface area contributed by atoms with Gasteiger partial charge in [0.15, 0.2) is 6.29 Å². The van der Waals surface area contributed by atoms with Crippen molar-refractivity contribution in [1.29, 1.82) is 5.41 Å². The summed E-state index contributed by atoms with van der Waals surface area (Å²) in [5.41, 5.74) is 9.79. The van der Waals surface area contributed by atoms with Crippen LogP contribution in [0.25, 0.3) is 33.2 Å². The molecule has 334 valence electrons. The first-order valence-corrected chi connectivity index (χ1v) is 21.1. The maximum Gasteiger partial charge on any atom is 0.415 e. The zero-order valence-corrected chi connectivity index (χ0v) is 36.2. The summed E-state index contributed by atoms with van der Waals surface area (Å²) in [6.07, 6.45) is 0.609. The van der Waals surface area contributed by atoms with E-state index in [2.05, 4.69) is 0 Å². The number of aliphatic hydroxyl groups is 2. The van der Waals surface area contributed by atoms with Gasteiger partial charge in [-0.05, 0) is 84.5 Å². The average molecular weight is 874 g/mol. The number of nitrogens with two attached hydrogens (primary N) is 1. The molecule has 2 unspecified atom stereocenters. The summed E-state index contributed by atoms with van der Waals surface area (Å²) in [7, 11) is 1.62. The quantitative estimate of drug-likeness (QED) is 0.0474. The van der Waals surface area contributed by atoms with E-state index in [0.717, 1.165) is 38.4 Å². The first kappa shape index (κ1) is 43.8. The molecule has 5 heterocycles. The lowest BCUT2D eigenvalue weighted by Gasteiger charge is -2.37. The average Bonchev–Trinajstić information content (AvgIpc) is 3.84. The van der Waals surface area contributed by atoms with Gasteiger partial charge in [0.2, 0.25) is 0 Å². The molecule has 7 N–H and O–H groups in total. The molecule has 0 fully saturated rings. The topological polar surface area (TPSA) is 239 Å². The summed E-state index contributed by atoms with van der Waals surface area (Å²) in [6, 6.07) is 15.7. The minimum atomic E-state index is -1.73. The largest absolute Gasteiger partial charge is 0.508 e. The van der Waals surface area contributed by atoms with Crippen LogP contribution in [-0.2, 0) is 41.2 Å². The number of amidine groups is 1. The van der Waals surface area contributed by atoms with E-state index in [9.17, 15) is 34.8 Å². The fraction of sp³-hybridized carbons (Fsp3) is 0.340. The third-order valence-corrected chi connectivity index (χ3v) is 12.3. The highest BCUT2D eigenvalue weighted by molar-refractivity contribution is 6.22. The van der Waals surface area contributed by atoms with Gasteiger partial charge in [-0.2, -0.15) is 0 Å². The van der Waals surface area contributed by atoms with Gasteiger partial charge in [0.05, 0.1) is 54.5 Å². The van der Waals surface area contributed by atoms with Crippen LogP contribution in [0.1, 0.15) is 73.4 Å². The zero-order chi connectivity index (χ0) is 45.8. The predicted octanol–water partition coefficient (Wildman–Crippen LogP) is 5.98. The molecule has 8 rings (SSSR count). The van der Waals surface area contributed by atoms with E-state index in [1.807, 2.05) is 37.6 Å². The van der Waals surface area contributed by atoms with Crippen LogP contribution in [0.3, 0.4) is 0 Å². The number of rotatable bonds is 12. The van der Waals surface area contributed by atoms with Crippen LogP contribution < -0.4 is 20.9 Å². The highest BCUT2D eigenvalue weighted by Crippen LogP contribution is 2.42. The number of pyridine rings is 2. The molecular formula is C47H51N7O10. The van der Waals surface area contributed by atoms with Crippen LogP contribution in [-0.4, -0.2) is 90.5 Å². The number of aromatic hydroxyl groups is 2. The molecule has 64 heavy (non-hydrogen) atoms. The molecule has 0 aliphatic carbocycles. The second-order valence-corrected chi connectivity index (χ2v) is 16.5. The van der Waals surface area contributed by atoms with Crippen molar-refractivity contribution >= 4 is 45.5 Å². The number of amides is 3. The third-order valence-electron chi connectivity index (χ3n) is 12.3. The number of carbonyl (C=O) groups is 2. The van der Waals surface area contributed by atoms with Gasteiger partial charge in [-0.1, -0.05) is 27.7 Å². The van der Waals surface area contributed by atoms with Crippen molar-refractivity contribution in [2.45, 2.75) is 78.0 Å². The van der Waals surface area contributed by atoms with Gasteiger partial charge in [-0.3, -0.25) is 10.2 Å². The van der Waals surface area contributed by atoms with Crippen molar-refractivity contribution in [3.63, 3.8) is 0 Å². The SMILES string of the molecule is CCc1c2c(nc3ccc(OC(=O)N(C)CCOCCn4ccc5cc(N(C(=N)c6cc(C(C)C)c(O)cc6O)C(N)=O)ccc54)cc13)-c1cc3c(c(=O)n1C2)COC(O)C3(O)CC. The number of fused-ring (bicyclic) bond motifs is 6. The summed E-state index contributed by atoms with van der Waals surface area (Å²) in [6.45, 7) is 8.95. The summed E-state index contributed by atoms with van der Waals surface area (Å²) in [4.78, 5) is 46.9.